The second-order valence-electron chi connectivity index (χ2n) is 7.49. The standard InChI is InChI=1S/C16H30N2O/c1-6-18(12-9-7-8-11(12)10-17)14(19)13-15(2,3)16(13,4)5/h11-13H,6-10,17H2,1-5H3. The van der Waals surface area contributed by atoms with Crippen molar-refractivity contribution in [3.63, 3.8) is 0 Å². The van der Waals surface area contributed by atoms with E-state index < -0.39 is 0 Å². The van der Waals surface area contributed by atoms with Crippen molar-refractivity contribution in [1.29, 1.82) is 0 Å². The molecule has 0 bridgehead atoms. The molecule has 0 aromatic carbocycles. The zero-order chi connectivity index (χ0) is 14.4. The van der Waals surface area contributed by atoms with Gasteiger partial charge in [-0.05, 0) is 43.1 Å². The number of carbonyl (C=O) groups excluding carboxylic acids is 1. The highest BCUT2D eigenvalue weighted by atomic mass is 16.2. The summed E-state index contributed by atoms with van der Waals surface area (Å²) in [6.45, 7) is 12.5. The molecule has 2 saturated carbocycles. The number of carbonyl (C=O) groups is 1. The Balaban J connectivity index is 2.13. The molecular formula is C16H30N2O. The van der Waals surface area contributed by atoms with E-state index in [4.69, 9.17) is 5.73 Å². The summed E-state index contributed by atoms with van der Waals surface area (Å²) in [5.74, 6) is 1.05. The molecule has 19 heavy (non-hydrogen) atoms. The molecule has 0 heterocycles. The summed E-state index contributed by atoms with van der Waals surface area (Å²) < 4.78 is 0. The molecule has 0 saturated heterocycles. The number of nitrogens with zero attached hydrogens (tertiary/aromatic N) is 1. The Morgan fingerprint density at radius 2 is 1.79 bits per heavy atom. The first-order chi connectivity index (χ1) is 8.79. The summed E-state index contributed by atoms with van der Waals surface area (Å²) in [5.41, 5.74) is 6.14. The predicted octanol–water partition coefficient (Wildman–Crippen LogP) is 2.64. The Hall–Kier alpha value is -0.570. The van der Waals surface area contributed by atoms with E-state index >= 15 is 0 Å². The van der Waals surface area contributed by atoms with Crippen LogP contribution in [0.5, 0.6) is 0 Å². The van der Waals surface area contributed by atoms with Crippen molar-refractivity contribution in [3.05, 3.63) is 0 Å². The van der Waals surface area contributed by atoms with Crippen molar-refractivity contribution in [3.8, 4) is 0 Å². The molecule has 0 aliphatic heterocycles. The monoisotopic (exact) mass is 266 g/mol. The lowest BCUT2D eigenvalue weighted by Crippen LogP contribution is -2.45. The van der Waals surface area contributed by atoms with Crippen LogP contribution in [-0.4, -0.2) is 29.9 Å². The van der Waals surface area contributed by atoms with Gasteiger partial charge >= 0.3 is 0 Å². The highest BCUT2D eigenvalue weighted by molar-refractivity contribution is 5.84. The molecule has 2 N–H and O–H groups in total. The average molecular weight is 266 g/mol. The third kappa shape index (κ3) is 2.10. The maximum absolute atomic E-state index is 12.9. The molecule has 2 fully saturated rings. The third-order valence-electron chi connectivity index (χ3n) is 6.21. The smallest absolute Gasteiger partial charge is 0.227 e. The van der Waals surface area contributed by atoms with E-state index in [2.05, 4.69) is 39.5 Å². The Labute approximate surface area is 117 Å². The van der Waals surface area contributed by atoms with Gasteiger partial charge in [-0.2, -0.15) is 0 Å². The van der Waals surface area contributed by atoms with Crippen LogP contribution in [0.25, 0.3) is 0 Å². The van der Waals surface area contributed by atoms with Crippen molar-refractivity contribution < 1.29 is 4.79 Å². The minimum Gasteiger partial charge on any atom is -0.339 e. The van der Waals surface area contributed by atoms with Crippen molar-refractivity contribution in [2.24, 2.45) is 28.4 Å². The van der Waals surface area contributed by atoms with E-state index in [-0.39, 0.29) is 16.7 Å². The number of nitrogens with two attached hydrogens (primary N) is 1. The Morgan fingerprint density at radius 1 is 1.21 bits per heavy atom. The fourth-order valence-corrected chi connectivity index (χ4v) is 4.24. The van der Waals surface area contributed by atoms with E-state index in [0.29, 0.717) is 24.4 Å². The quantitative estimate of drug-likeness (QED) is 0.850. The highest BCUT2D eigenvalue weighted by Crippen LogP contribution is 2.69. The van der Waals surface area contributed by atoms with Crippen molar-refractivity contribution in [2.75, 3.05) is 13.1 Å². The summed E-state index contributed by atoms with van der Waals surface area (Å²) in [6, 6.07) is 0.384. The van der Waals surface area contributed by atoms with E-state index in [1.807, 2.05) is 0 Å². The molecule has 2 aliphatic carbocycles. The molecule has 2 aliphatic rings. The average Bonchev–Trinajstić information content (AvgIpc) is 2.70. The molecule has 0 aromatic rings. The fourth-order valence-electron chi connectivity index (χ4n) is 4.24. The van der Waals surface area contributed by atoms with E-state index in [1.165, 1.54) is 12.8 Å². The van der Waals surface area contributed by atoms with Crippen LogP contribution in [0.3, 0.4) is 0 Å². The summed E-state index contributed by atoms with van der Waals surface area (Å²) in [4.78, 5) is 15.0. The first kappa shape index (κ1) is 14.8. The minimum atomic E-state index is 0.133. The molecule has 1 amide bonds. The van der Waals surface area contributed by atoms with Gasteiger partial charge in [0.15, 0.2) is 0 Å². The predicted molar refractivity (Wildman–Crippen MR) is 78.6 cm³/mol. The van der Waals surface area contributed by atoms with Crippen LogP contribution in [0.4, 0.5) is 0 Å². The van der Waals surface area contributed by atoms with Crippen molar-refractivity contribution >= 4 is 5.91 Å². The summed E-state index contributed by atoms with van der Waals surface area (Å²) in [7, 11) is 0. The van der Waals surface area contributed by atoms with Gasteiger partial charge in [-0.25, -0.2) is 0 Å². The van der Waals surface area contributed by atoms with E-state index in [0.717, 1.165) is 13.0 Å². The Morgan fingerprint density at radius 3 is 2.21 bits per heavy atom. The van der Waals surface area contributed by atoms with E-state index in [1.54, 1.807) is 0 Å². The van der Waals surface area contributed by atoms with E-state index in [9.17, 15) is 4.79 Å². The second-order valence-corrected chi connectivity index (χ2v) is 7.49. The zero-order valence-electron chi connectivity index (χ0n) is 13.2. The molecule has 2 rings (SSSR count). The van der Waals surface area contributed by atoms with Gasteiger partial charge in [-0.1, -0.05) is 34.1 Å². The van der Waals surface area contributed by atoms with Crippen LogP contribution < -0.4 is 5.73 Å². The molecule has 0 aromatic heterocycles. The number of rotatable bonds is 4. The minimum absolute atomic E-state index is 0.133. The van der Waals surface area contributed by atoms with Gasteiger partial charge in [0.05, 0.1) is 0 Å². The van der Waals surface area contributed by atoms with Crippen LogP contribution in [-0.2, 0) is 4.79 Å². The largest absolute Gasteiger partial charge is 0.339 e. The van der Waals surface area contributed by atoms with Gasteiger partial charge in [0.1, 0.15) is 0 Å². The maximum atomic E-state index is 12.9. The topological polar surface area (TPSA) is 46.3 Å². The molecule has 110 valence electrons. The molecule has 3 nitrogen and oxygen atoms in total. The molecule has 0 spiro atoms. The molecule has 2 unspecified atom stereocenters. The van der Waals surface area contributed by atoms with Gasteiger partial charge in [-0.15, -0.1) is 0 Å². The summed E-state index contributed by atoms with van der Waals surface area (Å²) in [5, 5.41) is 0. The van der Waals surface area contributed by atoms with Gasteiger partial charge < -0.3 is 10.6 Å². The molecule has 0 radical (unpaired) electrons. The van der Waals surface area contributed by atoms with Crippen LogP contribution >= 0.6 is 0 Å². The van der Waals surface area contributed by atoms with Crippen LogP contribution in [0.15, 0.2) is 0 Å². The first-order valence-electron chi connectivity index (χ1n) is 7.79. The lowest BCUT2D eigenvalue weighted by Gasteiger charge is -2.32. The lowest BCUT2D eigenvalue weighted by molar-refractivity contribution is -0.136. The van der Waals surface area contributed by atoms with Crippen molar-refractivity contribution in [1.82, 2.24) is 4.90 Å². The first-order valence-corrected chi connectivity index (χ1v) is 7.79. The normalized spacial score (nSPS) is 32.3. The van der Waals surface area contributed by atoms with Crippen LogP contribution in [0, 0.1) is 22.7 Å². The Bertz CT molecular complexity index is 348. The molecule has 3 heteroatoms. The second kappa shape index (κ2) is 4.76. The van der Waals surface area contributed by atoms with Gasteiger partial charge in [0.2, 0.25) is 5.91 Å². The number of hydrogen-bond acceptors (Lipinski definition) is 2. The summed E-state index contributed by atoms with van der Waals surface area (Å²) >= 11 is 0. The van der Waals surface area contributed by atoms with Gasteiger partial charge in [0, 0.05) is 18.5 Å². The SMILES string of the molecule is CCN(C(=O)C1C(C)(C)C1(C)C)C1CCCC1CN. The Kier molecular flexibility index (Phi) is 3.72. The van der Waals surface area contributed by atoms with Crippen LogP contribution in [0.2, 0.25) is 0 Å². The van der Waals surface area contributed by atoms with Gasteiger partial charge in [-0.3, -0.25) is 4.79 Å². The van der Waals surface area contributed by atoms with Gasteiger partial charge in [0.25, 0.3) is 0 Å². The zero-order valence-corrected chi connectivity index (χ0v) is 13.2. The molecular weight excluding hydrogens is 236 g/mol. The fraction of sp³-hybridized carbons (Fsp3) is 0.938. The number of hydrogen-bond donors (Lipinski definition) is 1. The number of amides is 1. The maximum Gasteiger partial charge on any atom is 0.227 e. The molecule has 2 atom stereocenters. The van der Waals surface area contributed by atoms with Crippen LogP contribution in [0.1, 0.15) is 53.9 Å². The third-order valence-corrected chi connectivity index (χ3v) is 6.21. The lowest BCUT2D eigenvalue weighted by atomic mass is 10.0. The summed E-state index contributed by atoms with van der Waals surface area (Å²) in [6.07, 6.45) is 3.53. The highest BCUT2D eigenvalue weighted by Gasteiger charge is 2.69. The van der Waals surface area contributed by atoms with Crippen molar-refractivity contribution in [2.45, 2.75) is 59.9 Å².